The zero-order valence-corrected chi connectivity index (χ0v) is 9.32. The predicted octanol–water partition coefficient (Wildman–Crippen LogP) is 1.28. The van der Waals surface area contributed by atoms with E-state index < -0.39 is 0 Å². The first kappa shape index (κ1) is 12.0. The van der Waals surface area contributed by atoms with E-state index in [1.807, 2.05) is 22.0 Å². The van der Waals surface area contributed by atoms with Gasteiger partial charge in [0.25, 0.3) is 0 Å². The largest absolute Gasteiger partial charge is 0.342 e. The Bertz CT molecular complexity index is 222. The molecule has 0 radical (unpaired) electrons. The number of rotatable bonds is 6. The van der Waals surface area contributed by atoms with Crippen LogP contribution in [0.2, 0.25) is 0 Å². The van der Waals surface area contributed by atoms with Gasteiger partial charge in [-0.1, -0.05) is 12.2 Å². The molecule has 0 aromatic carbocycles. The van der Waals surface area contributed by atoms with Gasteiger partial charge in [-0.05, 0) is 12.8 Å². The van der Waals surface area contributed by atoms with Gasteiger partial charge >= 0.3 is 0 Å². The number of amides is 1. The Labute approximate surface area is 92.0 Å². The van der Waals surface area contributed by atoms with E-state index in [4.69, 9.17) is 0 Å². The molecule has 1 aliphatic heterocycles. The van der Waals surface area contributed by atoms with Crippen LogP contribution < -0.4 is 0 Å². The van der Waals surface area contributed by atoms with Crippen LogP contribution in [-0.4, -0.2) is 48.4 Å². The van der Waals surface area contributed by atoms with Crippen molar-refractivity contribution in [2.24, 2.45) is 0 Å². The average Bonchev–Trinajstić information content (AvgIpc) is 2.71. The van der Waals surface area contributed by atoms with Gasteiger partial charge in [-0.3, -0.25) is 9.69 Å². The fraction of sp³-hybridized carbons (Fsp3) is 0.583. The SMILES string of the molecule is C=CCN(CC=C)CC(=O)N1CCCC1. The van der Waals surface area contributed by atoms with Gasteiger partial charge in [-0.25, -0.2) is 0 Å². The predicted molar refractivity (Wildman–Crippen MR) is 62.6 cm³/mol. The van der Waals surface area contributed by atoms with Gasteiger partial charge in [0.1, 0.15) is 0 Å². The Morgan fingerprint density at radius 3 is 2.20 bits per heavy atom. The van der Waals surface area contributed by atoms with Gasteiger partial charge in [0.15, 0.2) is 0 Å². The molecule has 1 aliphatic rings. The van der Waals surface area contributed by atoms with Crippen LogP contribution in [0, 0.1) is 0 Å². The Kier molecular flexibility index (Phi) is 5.12. The third kappa shape index (κ3) is 3.88. The van der Waals surface area contributed by atoms with E-state index in [0.29, 0.717) is 6.54 Å². The molecule has 1 fully saturated rings. The normalized spacial score (nSPS) is 15.7. The topological polar surface area (TPSA) is 23.6 Å². The highest BCUT2D eigenvalue weighted by atomic mass is 16.2. The van der Waals surface area contributed by atoms with Crippen molar-refractivity contribution in [2.45, 2.75) is 12.8 Å². The fourth-order valence-corrected chi connectivity index (χ4v) is 1.83. The maximum atomic E-state index is 11.8. The number of nitrogens with zero attached hydrogens (tertiary/aromatic N) is 2. The number of carbonyl (C=O) groups excluding carboxylic acids is 1. The Morgan fingerprint density at radius 1 is 1.20 bits per heavy atom. The lowest BCUT2D eigenvalue weighted by molar-refractivity contribution is -0.131. The molecule has 3 heteroatoms. The second-order valence-electron chi connectivity index (χ2n) is 3.86. The highest BCUT2D eigenvalue weighted by Crippen LogP contribution is 2.07. The molecule has 1 saturated heterocycles. The summed E-state index contributed by atoms with van der Waals surface area (Å²) < 4.78 is 0. The van der Waals surface area contributed by atoms with E-state index in [1.54, 1.807) is 0 Å². The molecule has 1 heterocycles. The first-order valence-corrected chi connectivity index (χ1v) is 5.50. The number of hydrogen-bond acceptors (Lipinski definition) is 2. The van der Waals surface area contributed by atoms with Gasteiger partial charge in [-0.15, -0.1) is 13.2 Å². The summed E-state index contributed by atoms with van der Waals surface area (Å²) >= 11 is 0. The second kappa shape index (κ2) is 6.40. The van der Waals surface area contributed by atoms with Crippen LogP contribution in [0.4, 0.5) is 0 Å². The molecule has 0 unspecified atom stereocenters. The minimum atomic E-state index is 0.233. The van der Waals surface area contributed by atoms with Crippen LogP contribution in [0.25, 0.3) is 0 Å². The minimum absolute atomic E-state index is 0.233. The zero-order chi connectivity index (χ0) is 11.1. The van der Waals surface area contributed by atoms with Crippen molar-refractivity contribution >= 4 is 5.91 Å². The van der Waals surface area contributed by atoms with E-state index >= 15 is 0 Å². The lowest BCUT2D eigenvalue weighted by Gasteiger charge is -2.22. The molecule has 0 bridgehead atoms. The monoisotopic (exact) mass is 208 g/mol. The maximum absolute atomic E-state index is 11.8. The third-order valence-electron chi connectivity index (χ3n) is 2.59. The van der Waals surface area contributed by atoms with Crippen molar-refractivity contribution in [3.63, 3.8) is 0 Å². The van der Waals surface area contributed by atoms with Crippen LogP contribution in [0.15, 0.2) is 25.3 Å². The molecule has 0 aromatic rings. The van der Waals surface area contributed by atoms with Crippen molar-refractivity contribution < 1.29 is 4.79 Å². The summed E-state index contributed by atoms with van der Waals surface area (Å²) in [5.41, 5.74) is 0. The summed E-state index contributed by atoms with van der Waals surface area (Å²) in [6.45, 7) is 11.2. The molecule has 3 nitrogen and oxygen atoms in total. The summed E-state index contributed by atoms with van der Waals surface area (Å²) in [7, 11) is 0. The molecule has 84 valence electrons. The summed E-state index contributed by atoms with van der Waals surface area (Å²) in [5.74, 6) is 0.233. The first-order valence-electron chi connectivity index (χ1n) is 5.50. The maximum Gasteiger partial charge on any atom is 0.236 e. The van der Waals surface area contributed by atoms with Gasteiger partial charge in [-0.2, -0.15) is 0 Å². The highest BCUT2D eigenvalue weighted by molar-refractivity contribution is 5.78. The highest BCUT2D eigenvalue weighted by Gasteiger charge is 2.19. The lowest BCUT2D eigenvalue weighted by Crippen LogP contribution is -2.39. The van der Waals surface area contributed by atoms with Gasteiger partial charge in [0, 0.05) is 26.2 Å². The number of likely N-dealkylation sites (tertiary alicyclic amines) is 1. The van der Waals surface area contributed by atoms with E-state index in [2.05, 4.69) is 13.2 Å². The van der Waals surface area contributed by atoms with E-state index in [-0.39, 0.29) is 5.91 Å². The quantitative estimate of drug-likeness (QED) is 0.614. The summed E-state index contributed by atoms with van der Waals surface area (Å²) in [4.78, 5) is 15.8. The van der Waals surface area contributed by atoms with E-state index in [9.17, 15) is 4.79 Å². The van der Waals surface area contributed by atoms with Gasteiger partial charge in [0.05, 0.1) is 6.54 Å². The minimum Gasteiger partial charge on any atom is -0.342 e. The van der Waals surface area contributed by atoms with Crippen LogP contribution in [-0.2, 0) is 4.79 Å². The molecule has 0 saturated carbocycles. The molecule has 0 aliphatic carbocycles. The Hall–Kier alpha value is -1.09. The molecule has 15 heavy (non-hydrogen) atoms. The van der Waals surface area contributed by atoms with Gasteiger partial charge < -0.3 is 4.90 Å². The molecular formula is C12H20N2O. The van der Waals surface area contributed by atoms with E-state index in [1.165, 1.54) is 0 Å². The standard InChI is InChI=1S/C12H20N2O/c1-3-7-13(8-4-2)11-12(15)14-9-5-6-10-14/h3-4H,1-2,5-11H2. The molecule has 0 spiro atoms. The van der Waals surface area contributed by atoms with Crippen LogP contribution in [0.5, 0.6) is 0 Å². The number of hydrogen-bond donors (Lipinski definition) is 0. The zero-order valence-electron chi connectivity index (χ0n) is 9.32. The smallest absolute Gasteiger partial charge is 0.236 e. The molecule has 0 atom stereocenters. The van der Waals surface area contributed by atoms with E-state index in [0.717, 1.165) is 39.0 Å². The van der Waals surface area contributed by atoms with Crippen LogP contribution in [0.1, 0.15) is 12.8 Å². The summed E-state index contributed by atoms with van der Waals surface area (Å²) in [6.07, 6.45) is 5.94. The average molecular weight is 208 g/mol. The van der Waals surface area contributed by atoms with Crippen molar-refractivity contribution in [2.75, 3.05) is 32.7 Å². The van der Waals surface area contributed by atoms with Crippen molar-refractivity contribution in [1.29, 1.82) is 0 Å². The molecule has 0 N–H and O–H groups in total. The Balaban J connectivity index is 2.37. The lowest BCUT2D eigenvalue weighted by atomic mass is 10.4. The van der Waals surface area contributed by atoms with Crippen molar-refractivity contribution in [3.05, 3.63) is 25.3 Å². The van der Waals surface area contributed by atoms with Crippen LogP contribution in [0.3, 0.4) is 0 Å². The molecular weight excluding hydrogens is 188 g/mol. The van der Waals surface area contributed by atoms with Crippen LogP contribution >= 0.6 is 0 Å². The van der Waals surface area contributed by atoms with Gasteiger partial charge in [0.2, 0.25) is 5.91 Å². The molecule has 1 amide bonds. The van der Waals surface area contributed by atoms with Crippen molar-refractivity contribution in [1.82, 2.24) is 9.80 Å². The number of carbonyl (C=O) groups is 1. The Morgan fingerprint density at radius 2 is 1.73 bits per heavy atom. The second-order valence-corrected chi connectivity index (χ2v) is 3.86. The summed E-state index contributed by atoms with van der Waals surface area (Å²) in [5, 5.41) is 0. The first-order chi connectivity index (χ1) is 7.27. The molecule has 1 rings (SSSR count). The van der Waals surface area contributed by atoms with Crippen molar-refractivity contribution in [3.8, 4) is 0 Å². The molecule has 0 aromatic heterocycles. The summed E-state index contributed by atoms with van der Waals surface area (Å²) in [6, 6.07) is 0. The fourth-order valence-electron chi connectivity index (χ4n) is 1.83. The third-order valence-corrected chi connectivity index (χ3v) is 2.59.